The standard InChI is InChI=1S/C7H8NO/c1-6-4-7(5-9)2-3-8-6/h2-4,9H,1,5H2. The first-order valence-corrected chi connectivity index (χ1v) is 2.70. The summed E-state index contributed by atoms with van der Waals surface area (Å²) in [6.45, 7) is 3.67. The lowest BCUT2D eigenvalue weighted by Crippen LogP contribution is -1.85. The Hall–Kier alpha value is -0.890. The summed E-state index contributed by atoms with van der Waals surface area (Å²) in [5, 5.41) is 8.61. The maximum Gasteiger partial charge on any atom is 0.0683 e. The van der Waals surface area contributed by atoms with Crippen LogP contribution in [-0.4, -0.2) is 10.1 Å². The average molecular weight is 122 g/mol. The number of hydrogen-bond acceptors (Lipinski definition) is 2. The highest BCUT2D eigenvalue weighted by atomic mass is 16.3. The van der Waals surface area contributed by atoms with E-state index in [0.29, 0.717) is 5.69 Å². The molecule has 1 radical (unpaired) electrons. The molecular formula is C7H8NO. The molecule has 47 valence electrons. The molecule has 1 rings (SSSR count). The summed E-state index contributed by atoms with van der Waals surface area (Å²) < 4.78 is 0. The third-order valence-electron chi connectivity index (χ3n) is 1.06. The van der Waals surface area contributed by atoms with Gasteiger partial charge < -0.3 is 5.11 Å². The van der Waals surface area contributed by atoms with E-state index >= 15 is 0 Å². The van der Waals surface area contributed by atoms with Gasteiger partial charge in [-0.15, -0.1) is 0 Å². The summed E-state index contributed by atoms with van der Waals surface area (Å²) in [5.74, 6) is 0. The Kier molecular flexibility index (Phi) is 1.80. The molecule has 0 aromatic carbocycles. The van der Waals surface area contributed by atoms with Crippen LogP contribution in [-0.2, 0) is 6.61 Å². The van der Waals surface area contributed by atoms with Gasteiger partial charge in [-0.2, -0.15) is 0 Å². The highest BCUT2D eigenvalue weighted by molar-refractivity contribution is 5.16. The van der Waals surface area contributed by atoms with Crippen LogP contribution in [0.4, 0.5) is 0 Å². The SMILES string of the molecule is [CH2]c1cc(CO)ccn1. The van der Waals surface area contributed by atoms with Crippen LogP contribution in [0.25, 0.3) is 0 Å². The Balaban J connectivity index is 2.94. The molecule has 1 aromatic heterocycles. The van der Waals surface area contributed by atoms with E-state index in [4.69, 9.17) is 5.11 Å². The Labute approximate surface area is 54.2 Å². The Morgan fingerprint density at radius 2 is 2.44 bits per heavy atom. The molecule has 1 heterocycles. The Bertz CT molecular complexity index is 198. The van der Waals surface area contributed by atoms with Gasteiger partial charge in [0.05, 0.1) is 6.61 Å². The molecule has 0 bridgehead atoms. The quantitative estimate of drug-likeness (QED) is 0.596. The molecule has 0 aliphatic heterocycles. The minimum absolute atomic E-state index is 0.0606. The number of aromatic nitrogens is 1. The third kappa shape index (κ3) is 1.50. The van der Waals surface area contributed by atoms with Crippen molar-refractivity contribution in [1.29, 1.82) is 0 Å². The largest absolute Gasteiger partial charge is 0.392 e. The zero-order valence-corrected chi connectivity index (χ0v) is 5.04. The van der Waals surface area contributed by atoms with Crippen molar-refractivity contribution in [3.63, 3.8) is 0 Å². The number of hydrogen-bond donors (Lipinski definition) is 1. The molecule has 1 aromatic rings. The van der Waals surface area contributed by atoms with E-state index in [2.05, 4.69) is 11.9 Å². The maximum absolute atomic E-state index is 8.61. The molecular weight excluding hydrogens is 114 g/mol. The summed E-state index contributed by atoms with van der Waals surface area (Å²) in [5.41, 5.74) is 1.55. The zero-order chi connectivity index (χ0) is 6.69. The number of nitrogens with zero attached hydrogens (tertiary/aromatic N) is 1. The van der Waals surface area contributed by atoms with Crippen LogP contribution in [0.5, 0.6) is 0 Å². The average Bonchev–Trinajstić information content (AvgIpc) is 1.88. The monoisotopic (exact) mass is 122 g/mol. The molecule has 0 spiro atoms. The summed E-state index contributed by atoms with van der Waals surface area (Å²) in [4.78, 5) is 3.87. The number of pyridine rings is 1. The van der Waals surface area contributed by atoms with Gasteiger partial charge in [-0.3, -0.25) is 4.98 Å². The van der Waals surface area contributed by atoms with E-state index in [1.54, 1.807) is 18.3 Å². The van der Waals surface area contributed by atoms with Crippen LogP contribution >= 0.6 is 0 Å². The molecule has 0 amide bonds. The first-order chi connectivity index (χ1) is 4.33. The normalized spacial score (nSPS) is 9.56. The Morgan fingerprint density at radius 3 is 2.89 bits per heavy atom. The molecule has 0 unspecified atom stereocenters. The van der Waals surface area contributed by atoms with Crippen LogP contribution in [0.3, 0.4) is 0 Å². The van der Waals surface area contributed by atoms with Crippen molar-refractivity contribution in [3.05, 3.63) is 36.5 Å². The van der Waals surface area contributed by atoms with Crippen molar-refractivity contribution in [2.75, 3.05) is 0 Å². The minimum atomic E-state index is 0.0606. The van der Waals surface area contributed by atoms with Crippen molar-refractivity contribution in [3.8, 4) is 0 Å². The molecule has 0 aliphatic rings. The topological polar surface area (TPSA) is 33.1 Å². The van der Waals surface area contributed by atoms with Crippen molar-refractivity contribution in [2.45, 2.75) is 6.61 Å². The number of aliphatic hydroxyl groups excluding tert-OH is 1. The van der Waals surface area contributed by atoms with Gasteiger partial charge in [0, 0.05) is 11.9 Å². The van der Waals surface area contributed by atoms with Crippen molar-refractivity contribution >= 4 is 0 Å². The fourth-order valence-corrected chi connectivity index (χ4v) is 0.626. The van der Waals surface area contributed by atoms with Crippen LogP contribution < -0.4 is 0 Å². The van der Waals surface area contributed by atoms with Gasteiger partial charge in [-0.05, 0) is 24.6 Å². The molecule has 0 saturated carbocycles. The second kappa shape index (κ2) is 2.60. The summed E-state index contributed by atoms with van der Waals surface area (Å²) in [6, 6.07) is 3.51. The Morgan fingerprint density at radius 1 is 1.67 bits per heavy atom. The molecule has 1 N–H and O–H groups in total. The predicted molar refractivity (Wildman–Crippen MR) is 34.6 cm³/mol. The van der Waals surface area contributed by atoms with Gasteiger partial charge >= 0.3 is 0 Å². The van der Waals surface area contributed by atoms with E-state index < -0.39 is 0 Å². The van der Waals surface area contributed by atoms with Gasteiger partial charge in [0.15, 0.2) is 0 Å². The fraction of sp³-hybridized carbons (Fsp3) is 0.143. The zero-order valence-electron chi connectivity index (χ0n) is 5.04. The number of rotatable bonds is 1. The van der Waals surface area contributed by atoms with Crippen LogP contribution in [0.15, 0.2) is 18.3 Å². The lowest BCUT2D eigenvalue weighted by molar-refractivity contribution is 0.281. The van der Waals surface area contributed by atoms with Crippen LogP contribution in [0.2, 0.25) is 0 Å². The van der Waals surface area contributed by atoms with Gasteiger partial charge in [0.25, 0.3) is 0 Å². The van der Waals surface area contributed by atoms with Crippen molar-refractivity contribution in [1.82, 2.24) is 4.98 Å². The van der Waals surface area contributed by atoms with Gasteiger partial charge in [0.2, 0.25) is 0 Å². The summed E-state index contributed by atoms with van der Waals surface area (Å²) >= 11 is 0. The molecule has 9 heavy (non-hydrogen) atoms. The second-order valence-electron chi connectivity index (χ2n) is 1.81. The highest BCUT2D eigenvalue weighted by Gasteiger charge is 1.88. The van der Waals surface area contributed by atoms with Gasteiger partial charge in [0.1, 0.15) is 0 Å². The predicted octanol–water partition coefficient (Wildman–Crippen LogP) is 0.756. The first kappa shape index (κ1) is 6.23. The highest BCUT2D eigenvalue weighted by Crippen LogP contribution is 1.98. The van der Waals surface area contributed by atoms with E-state index in [0.717, 1.165) is 5.56 Å². The van der Waals surface area contributed by atoms with Gasteiger partial charge in [-0.25, -0.2) is 0 Å². The summed E-state index contributed by atoms with van der Waals surface area (Å²) in [7, 11) is 0. The summed E-state index contributed by atoms with van der Waals surface area (Å²) in [6.07, 6.45) is 1.63. The lowest BCUT2D eigenvalue weighted by atomic mass is 10.2. The van der Waals surface area contributed by atoms with E-state index in [9.17, 15) is 0 Å². The van der Waals surface area contributed by atoms with E-state index in [1.807, 2.05) is 0 Å². The molecule has 2 nitrogen and oxygen atoms in total. The third-order valence-corrected chi connectivity index (χ3v) is 1.06. The molecule has 0 atom stereocenters. The van der Waals surface area contributed by atoms with Crippen molar-refractivity contribution < 1.29 is 5.11 Å². The second-order valence-corrected chi connectivity index (χ2v) is 1.81. The minimum Gasteiger partial charge on any atom is -0.392 e. The molecule has 0 fully saturated rings. The maximum atomic E-state index is 8.61. The smallest absolute Gasteiger partial charge is 0.0683 e. The molecule has 0 saturated heterocycles. The molecule has 0 aliphatic carbocycles. The van der Waals surface area contributed by atoms with E-state index in [-0.39, 0.29) is 6.61 Å². The van der Waals surface area contributed by atoms with Crippen molar-refractivity contribution in [2.24, 2.45) is 0 Å². The number of aliphatic hydroxyl groups is 1. The molecule has 2 heteroatoms. The van der Waals surface area contributed by atoms with Crippen LogP contribution in [0, 0.1) is 6.92 Å². The van der Waals surface area contributed by atoms with E-state index in [1.165, 1.54) is 0 Å². The van der Waals surface area contributed by atoms with Gasteiger partial charge in [-0.1, -0.05) is 0 Å². The first-order valence-electron chi connectivity index (χ1n) is 2.70. The fourth-order valence-electron chi connectivity index (χ4n) is 0.626. The lowest BCUT2D eigenvalue weighted by Gasteiger charge is -1.93. The van der Waals surface area contributed by atoms with Crippen LogP contribution in [0.1, 0.15) is 11.3 Å².